The molecule has 0 aliphatic heterocycles. The lowest BCUT2D eigenvalue weighted by Gasteiger charge is -1.81. The van der Waals surface area contributed by atoms with Gasteiger partial charge in [0.05, 0.1) is 6.20 Å². The van der Waals surface area contributed by atoms with Gasteiger partial charge in [-0.05, 0) is 15.9 Å². The Bertz CT molecular complexity index is 235. The van der Waals surface area contributed by atoms with Crippen molar-refractivity contribution in [3.05, 3.63) is 16.6 Å². The van der Waals surface area contributed by atoms with Gasteiger partial charge in [0.2, 0.25) is 0 Å². The Labute approximate surface area is 72.8 Å². The Morgan fingerprint density at radius 3 is 2.60 bits per heavy atom. The van der Waals surface area contributed by atoms with Crippen LogP contribution in [-0.4, -0.2) is 15.8 Å². The number of aromatic nitrogens is 2. The molecule has 1 heterocycles. The van der Waals surface area contributed by atoms with Crippen LogP contribution in [0.5, 0.6) is 0 Å². The van der Waals surface area contributed by atoms with E-state index in [0.717, 1.165) is 4.60 Å². The van der Waals surface area contributed by atoms with Gasteiger partial charge in [0, 0.05) is 6.92 Å². The first-order valence-electron chi connectivity index (χ1n) is 2.41. The molecule has 56 valence electrons. The fourth-order valence-electron chi connectivity index (χ4n) is 0.478. The van der Waals surface area contributed by atoms with Crippen molar-refractivity contribution in [3.63, 3.8) is 0 Å². The van der Waals surface area contributed by atoms with Crippen LogP contribution in [0.25, 0.3) is 0 Å². The molecule has 0 aromatic carbocycles. The number of ketones is 1. The third-order valence-corrected chi connectivity index (χ3v) is 1.28. The molecule has 0 spiro atoms. The highest BCUT2D eigenvalue weighted by atomic mass is 79.9. The van der Waals surface area contributed by atoms with Crippen molar-refractivity contribution in [2.75, 3.05) is 0 Å². The quantitative estimate of drug-likeness (QED) is 0.741. The van der Waals surface area contributed by atoms with Crippen LogP contribution in [0, 0.1) is 0 Å². The first-order valence-corrected chi connectivity index (χ1v) is 3.21. The van der Waals surface area contributed by atoms with Crippen LogP contribution < -0.4 is 0 Å². The van der Waals surface area contributed by atoms with Crippen molar-refractivity contribution >= 4 is 34.1 Å². The number of carbonyl (C=O) groups excluding carboxylic acids is 1. The molecular formula is C5H6BrClN2O. The number of Topliss-reactive ketones (excluding diaryl/α,β-unsaturated/α-hetero) is 1. The molecule has 0 fully saturated rings. The number of imidazole rings is 1. The lowest BCUT2D eigenvalue weighted by Crippen LogP contribution is -1.93. The maximum absolute atomic E-state index is 10.5. The molecule has 1 N–H and O–H groups in total. The Hall–Kier alpha value is -0.350. The third-order valence-electron chi connectivity index (χ3n) is 0.878. The smallest absolute Gasteiger partial charge is 0.195 e. The monoisotopic (exact) mass is 224 g/mol. The van der Waals surface area contributed by atoms with Crippen LogP contribution in [0.1, 0.15) is 17.5 Å². The van der Waals surface area contributed by atoms with Crippen LogP contribution in [0.15, 0.2) is 10.8 Å². The molecule has 1 aromatic heterocycles. The van der Waals surface area contributed by atoms with Crippen LogP contribution in [0.3, 0.4) is 0 Å². The predicted molar refractivity (Wildman–Crippen MR) is 43.5 cm³/mol. The highest BCUT2D eigenvalue weighted by Gasteiger charge is 2.00. The van der Waals surface area contributed by atoms with Crippen molar-refractivity contribution in [2.24, 2.45) is 0 Å². The summed E-state index contributed by atoms with van der Waals surface area (Å²) in [5.74, 6) is 0.336. The fraction of sp³-hybridized carbons (Fsp3) is 0.200. The van der Waals surface area contributed by atoms with E-state index in [0.29, 0.717) is 5.82 Å². The van der Waals surface area contributed by atoms with E-state index in [1.165, 1.54) is 6.92 Å². The predicted octanol–water partition coefficient (Wildman–Crippen LogP) is 1.80. The summed E-state index contributed by atoms with van der Waals surface area (Å²) >= 11 is 3.13. The second-order valence-corrected chi connectivity index (χ2v) is 2.49. The number of carbonyl (C=O) groups is 1. The van der Waals surface area contributed by atoms with E-state index in [9.17, 15) is 4.79 Å². The minimum atomic E-state index is -0.0549. The summed E-state index contributed by atoms with van der Waals surface area (Å²) in [7, 11) is 0. The van der Waals surface area contributed by atoms with Crippen LogP contribution in [0.2, 0.25) is 0 Å². The lowest BCUT2D eigenvalue weighted by molar-refractivity contribution is 0.100. The number of hydrogen-bond donors (Lipinski definition) is 1. The number of rotatable bonds is 1. The Morgan fingerprint density at radius 2 is 2.40 bits per heavy atom. The molecular weight excluding hydrogens is 219 g/mol. The maximum Gasteiger partial charge on any atom is 0.195 e. The molecule has 0 aliphatic carbocycles. The molecule has 1 aromatic rings. The standard InChI is InChI=1S/C5H5BrN2O.ClH/c1-3(9)5-7-2-4(6)8-5;/h2H,1H3,(H,7,8);1H. The number of H-pyrrole nitrogens is 1. The molecule has 0 bridgehead atoms. The number of nitrogens with zero attached hydrogens (tertiary/aromatic N) is 1. The van der Waals surface area contributed by atoms with E-state index in [1.807, 2.05) is 0 Å². The summed E-state index contributed by atoms with van der Waals surface area (Å²) in [6, 6.07) is 0. The molecule has 5 heteroatoms. The van der Waals surface area contributed by atoms with Crippen LogP contribution in [-0.2, 0) is 0 Å². The SMILES string of the molecule is CC(=O)c1ncc(Br)[nH]1.Cl. The van der Waals surface area contributed by atoms with Gasteiger partial charge in [-0.1, -0.05) is 0 Å². The minimum absolute atomic E-state index is 0. The van der Waals surface area contributed by atoms with Crippen molar-refractivity contribution in [1.29, 1.82) is 0 Å². The molecule has 0 unspecified atom stereocenters. The summed E-state index contributed by atoms with van der Waals surface area (Å²) < 4.78 is 0.729. The van der Waals surface area contributed by atoms with Crippen molar-refractivity contribution in [3.8, 4) is 0 Å². The largest absolute Gasteiger partial charge is 0.330 e. The van der Waals surface area contributed by atoms with Gasteiger partial charge in [0.1, 0.15) is 4.60 Å². The van der Waals surface area contributed by atoms with E-state index >= 15 is 0 Å². The lowest BCUT2D eigenvalue weighted by atomic mass is 10.4. The average molecular weight is 225 g/mol. The summed E-state index contributed by atoms with van der Waals surface area (Å²) in [5, 5.41) is 0. The van der Waals surface area contributed by atoms with E-state index in [4.69, 9.17) is 0 Å². The Balaban J connectivity index is 0.000000810. The van der Waals surface area contributed by atoms with Gasteiger partial charge in [-0.25, -0.2) is 4.98 Å². The third kappa shape index (κ3) is 2.11. The zero-order valence-electron chi connectivity index (χ0n) is 5.22. The summed E-state index contributed by atoms with van der Waals surface area (Å²) in [5.41, 5.74) is 0. The fourth-order valence-corrected chi connectivity index (χ4v) is 0.768. The number of halogens is 2. The van der Waals surface area contributed by atoms with Crippen molar-refractivity contribution < 1.29 is 4.79 Å². The maximum atomic E-state index is 10.5. The average Bonchev–Trinajstić information content (AvgIpc) is 2.14. The zero-order chi connectivity index (χ0) is 6.85. The molecule has 10 heavy (non-hydrogen) atoms. The summed E-state index contributed by atoms with van der Waals surface area (Å²) in [6.45, 7) is 1.46. The highest BCUT2D eigenvalue weighted by molar-refractivity contribution is 9.10. The first kappa shape index (κ1) is 9.65. The summed E-state index contributed by atoms with van der Waals surface area (Å²) in [6.07, 6.45) is 1.55. The molecule has 0 amide bonds. The van der Waals surface area contributed by atoms with Crippen LogP contribution >= 0.6 is 28.3 Å². The van der Waals surface area contributed by atoms with Gasteiger partial charge in [0.15, 0.2) is 11.6 Å². The topological polar surface area (TPSA) is 45.8 Å². The van der Waals surface area contributed by atoms with Crippen molar-refractivity contribution in [1.82, 2.24) is 9.97 Å². The van der Waals surface area contributed by atoms with Gasteiger partial charge in [-0.15, -0.1) is 12.4 Å². The van der Waals surface area contributed by atoms with Gasteiger partial charge in [0.25, 0.3) is 0 Å². The van der Waals surface area contributed by atoms with E-state index in [2.05, 4.69) is 25.9 Å². The van der Waals surface area contributed by atoms with Gasteiger partial charge in [-0.2, -0.15) is 0 Å². The normalized spacial score (nSPS) is 8.60. The molecule has 0 atom stereocenters. The van der Waals surface area contributed by atoms with Gasteiger partial charge >= 0.3 is 0 Å². The van der Waals surface area contributed by atoms with Crippen molar-refractivity contribution in [2.45, 2.75) is 6.92 Å². The van der Waals surface area contributed by atoms with E-state index in [1.54, 1.807) is 6.20 Å². The minimum Gasteiger partial charge on any atom is -0.330 e. The first-order chi connectivity index (χ1) is 4.20. The molecule has 3 nitrogen and oxygen atoms in total. The van der Waals surface area contributed by atoms with E-state index in [-0.39, 0.29) is 18.2 Å². The Kier molecular flexibility index (Phi) is 3.60. The molecule has 0 radical (unpaired) electrons. The van der Waals surface area contributed by atoms with E-state index < -0.39 is 0 Å². The number of aromatic amines is 1. The second-order valence-electron chi connectivity index (χ2n) is 1.64. The number of hydrogen-bond acceptors (Lipinski definition) is 2. The summed E-state index contributed by atoms with van der Waals surface area (Å²) in [4.78, 5) is 17.0. The Morgan fingerprint density at radius 1 is 1.80 bits per heavy atom. The van der Waals surface area contributed by atoms with Gasteiger partial charge < -0.3 is 4.98 Å². The molecule has 0 saturated carbocycles. The van der Waals surface area contributed by atoms with Crippen LogP contribution in [0.4, 0.5) is 0 Å². The second kappa shape index (κ2) is 3.73. The molecule has 0 aliphatic rings. The number of nitrogens with one attached hydrogen (secondary N) is 1. The molecule has 0 saturated heterocycles. The molecule has 1 rings (SSSR count). The van der Waals surface area contributed by atoms with Gasteiger partial charge in [-0.3, -0.25) is 4.79 Å². The highest BCUT2D eigenvalue weighted by Crippen LogP contribution is 2.04. The zero-order valence-corrected chi connectivity index (χ0v) is 7.62.